The fourth-order valence-corrected chi connectivity index (χ4v) is 3.38. The van der Waals surface area contributed by atoms with Crippen LogP contribution in [0.4, 0.5) is 5.69 Å². The van der Waals surface area contributed by atoms with Crippen LogP contribution in [0.3, 0.4) is 0 Å². The highest BCUT2D eigenvalue weighted by Crippen LogP contribution is 2.28. The number of hydrogen-bond donors (Lipinski definition) is 1. The summed E-state index contributed by atoms with van der Waals surface area (Å²) < 4.78 is 1.63. The van der Waals surface area contributed by atoms with E-state index in [-0.39, 0.29) is 11.5 Å². The van der Waals surface area contributed by atoms with E-state index in [1.54, 1.807) is 22.9 Å². The lowest BCUT2D eigenvalue weighted by Gasteiger charge is -2.11. The summed E-state index contributed by atoms with van der Waals surface area (Å²) in [7, 11) is 0. The molecule has 1 amide bonds. The number of carbonyl (C=O) groups is 1. The van der Waals surface area contributed by atoms with Crippen molar-refractivity contribution in [2.24, 2.45) is 5.92 Å². The number of hydrogen-bond acceptors (Lipinski definition) is 2. The minimum absolute atomic E-state index is 0.0588. The number of anilines is 1. The molecule has 0 radical (unpaired) electrons. The van der Waals surface area contributed by atoms with Crippen molar-refractivity contribution in [3.05, 3.63) is 64.6 Å². The van der Waals surface area contributed by atoms with Gasteiger partial charge in [-0.25, -0.2) is 0 Å². The van der Waals surface area contributed by atoms with Crippen LogP contribution in [0.2, 0.25) is 0 Å². The van der Waals surface area contributed by atoms with Gasteiger partial charge in [-0.05, 0) is 30.0 Å². The molecule has 2 aromatic rings. The van der Waals surface area contributed by atoms with Crippen LogP contribution in [0.25, 0.3) is 0 Å². The van der Waals surface area contributed by atoms with Crippen molar-refractivity contribution in [2.75, 3.05) is 5.32 Å². The normalized spacial score (nSPS) is 14.7. The van der Waals surface area contributed by atoms with Gasteiger partial charge in [-0.15, -0.1) is 0 Å². The Morgan fingerprint density at radius 3 is 2.58 bits per heavy atom. The fraction of sp³-hybridized carbons (Fsp3) is 0.400. The molecule has 0 bridgehead atoms. The molecule has 126 valence electrons. The third-order valence-electron chi connectivity index (χ3n) is 4.74. The summed E-state index contributed by atoms with van der Waals surface area (Å²) in [6.45, 7) is 0.505. The van der Waals surface area contributed by atoms with Gasteiger partial charge in [-0.3, -0.25) is 9.59 Å². The third kappa shape index (κ3) is 4.34. The summed E-state index contributed by atoms with van der Waals surface area (Å²) in [4.78, 5) is 24.6. The van der Waals surface area contributed by atoms with E-state index >= 15 is 0 Å². The molecular weight excluding hydrogens is 300 g/mol. The minimum Gasteiger partial charge on any atom is -0.321 e. The van der Waals surface area contributed by atoms with Crippen molar-refractivity contribution < 1.29 is 4.79 Å². The van der Waals surface area contributed by atoms with E-state index in [1.165, 1.54) is 25.7 Å². The molecule has 0 atom stereocenters. The van der Waals surface area contributed by atoms with Crippen LogP contribution < -0.4 is 10.9 Å². The maximum Gasteiger partial charge on any atom is 0.274 e. The Labute approximate surface area is 142 Å². The summed E-state index contributed by atoms with van der Waals surface area (Å²) in [5, 5.41) is 2.79. The van der Waals surface area contributed by atoms with Crippen LogP contribution in [0.5, 0.6) is 0 Å². The van der Waals surface area contributed by atoms with Crippen LogP contribution in [0.1, 0.15) is 44.1 Å². The zero-order valence-corrected chi connectivity index (χ0v) is 13.9. The lowest BCUT2D eigenvalue weighted by atomic mass is 10.0. The SMILES string of the molecule is O=C(CCC1CCCC1)Nc1cccn(Cc2ccccc2)c1=O. The molecule has 1 saturated carbocycles. The molecule has 1 aromatic heterocycles. The Bertz CT molecular complexity index is 731. The van der Waals surface area contributed by atoms with Crippen LogP contribution >= 0.6 is 0 Å². The second kappa shape index (κ2) is 7.95. The first-order valence-electron chi connectivity index (χ1n) is 8.75. The largest absolute Gasteiger partial charge is 0.321 e. The molecule has 3 rings (SSSR count). The predicted molar refractivity (Wildman–Crippen MR) is 96.1 cm³/mol. The molecule has 1 N–H and O–H groups in total. The Balaban J connectivity index is 1.62. The van der Waals surface area contributed by atoms with Gasteiger partial charge < -0.3 is 9.88 Å². The van der Waals surface area contributed by atoms with Crippen LogP contribution in [-0.2, 0) is 11.3 Å². The molecule has 0 aliphatic heterocycles. The second-order valence-electron chi connectivity index (χ2n) is 6.58. The molecule has 4 nitrogen and oxygen atoms in total. The van der Waals surface area contributed by atoms with E-state index in [9.17, 15) is 9.59 Å². The van der Waals surface area contributed by atoms with Gasteiger partial charge in [-0.1, -0.05) is 56.0 Å². The first-order chi connectivity index (χ1) is 11.7. The molecule has 1 fully saturated rings. The van der Waals surface area contributed by atoms with Crippen molar-refractivity contribution in [1.29, 1.82) is 0 Å². The topological polar surface area (TPSA) is 51.1 Å². The Morgan fingerprint density at radius 1 is 1.08 bits per heavy atom. The molecule has 0 spiro atoms. The number of benzene rings is 1. The van der Waals surface area contributed by atoms with Crippen LogP contribution in [0, 0.1) is 5.92 Å². The van der Waals surface area contributed by atoms with Gasteiger partial charge >= 0.3 is 0 Å². The van der Waals surface area contributed by atoms with Crippen molar-refractivity contribution in [3.63, 3.8) is 0 Å². The number of aromatic nitrogens is 1. The van der Waals surface area contributed by atoms with Gasteiger partial charge in [0.15, 0.2) is 0 Å². The molecule has 1 aromatic carbocycles. The lowest BCUT2D eigenvalue weighted by molar-refractivity contribution is -0.116. The first-order valence-corrected chi connectivity index (χ1v) is 8.75. The zero-order chi connectivity index (χ0) is 16.8. The van der Waals surface area contributed by atoms with Gasteiger partial charge in [-0.2, -0.15) is 0 Å². The van der Waals surface area contributed by atoms with E-state index in [0.29, 0.717) is 24.6 Å². The molecule has 4 heteroatoms. The average Bonchev–Trinajstić information content (AvgIpc) is 3.11. The quantitative estimate of drug-likeness (QED) is 0.878. The Kier molecular flexibility index (Phi) is 5.47. The van der Waals surface area contributed by atoms with E-state index in [4.69, 9.17) is 0 Å². The number of nitrogens with zero attached hydrogens (tertiary/aromatic N) is 1. The van der Waals surface area contributed by atoms with E-state index in [0.717, 1.165) is 12.0 Å². The highest BCUT2D eigenvalue weighted by Gasteiger charge is 2.16. The summed E-state index contributed by atoms with van der Waals surface area (Å²) in [5.74, 6) is 0.623. The minimum atomic E-state index is -0.157. The first kappa shape index (κ1) is 16.5. The van der Waals surface area contributed by atoms with Crippen molar-refractivity contribution >= 4 is 11.6 Å². The predicted octanol–water partition coefficient (Wildman–Crippen LogP) is 3.81. The highest BCUT2D eigenvalue weighted by atomic mass is 16.2. The Morgan fingerprint density at radius 2 is 1.83 bits per heavy atom. The molecule has 24 heavy (non-hydrogen) atoms. The van der Waals surface area contributed by atoms with Crippen LogP contribution in [0.15, 0.2) is 53.5 Å². The van der Waals surface area contributed by atoms with Crippen LogP contribution in [-0.4, -0.2) is 10.5 Å². The van der Waals surface area contributed by atoms with Gasteiger partial charge in [0.05, 0.1) is 6.54 Å². The molecule has 1 heterocycles. The standard InChI is InChI=1S/C20H24N2O2/c23-19(13-12-16-7-4-5-8-16)21-18-11-6-14-22(20(18)24)15-17-9-2-1-3-10-17/h1-3,6,9-11,14,16H,4-5,7-8,12-13,15H2,(H,21,23). The molecule has 0 saturated heterocycles. The number of amides is 1. The van der Waals surface area contributed by atoms with Crippen molar-refractivity contribution in [2.45, 2.75) is 45.1 Å². The Hall–Kier alpha value is -2.36. The number of nitrogens with one attached hydrogen (secondary N) is 1. The molecule has 1 aliphatic carbocycles. The number of carbonyl (C=O) groups excluding carboxylic acids is 1. The summed E-state index contributed by atoms with van der Waals surface area (Å²) in [6.07, 6.45) is 8.23. The maximum atomic E-state index is 12.5. The van der Waals surface area contributed by atoms with Crippen molar-refractivity contribution in [1.82, 2.24) is 4.57 Å². The van der Waals surface area contributed by atoms with Gasteiger partial charge in [0.1, 0.15) is 5.69 Å². The molecular formula is C20H24N2O2. The smallest absolute Gasteiger partial charge is 0.274 e. The summed E-state index contributed by atoms with van der Waals surface area (Å²) in [5.41, 5.74) is 1.27. The summed E-state index contributed by atoms with van der Waals surface area (Å²) >= 11 is 0. The molecule has 0 unspecified atom stereocenters. The monoisotopic (exact) mass is 324 g/mol. The fourth-order valence-electron chi connectivity index (χ4n) is 3.38. The highest BCUT2D eigenvalue weighted by molar-refractivity contribution is 5.90. The lowest BCUT2D eigenvalue weighted by Crippen LogP contribution is -2.25. The van der Waals surface area contributed by atoms with Gasteiger partial charge in [0.25, 0.3) is 5.56 Å². The zero-order valence-electron chi connectivity index (χ0n) is 13.9. The maximum absolute atomic E-state index is 12.5. The van der Waals surface area contributed by atoms with E-state index in [2.05, 4.69) is 5.32 Å². The van der Waals surface area contributed by atoms with E-state index in [1.807, 2.05) is 30.3 Å². The van der Waals surface area contributed by atoms with E-state index < -0.39 is 0 Å². The van der Waals surface area contributed by atoms with Gasteiger partial charge in [0.2, 0.25) is 5.91 Å². The molecule has 1 aliphatic rings. The summed E-state index contributed by atoms with van der Waals surface area (Å²) in [6, 6.07) is 13.3. The van der Waals surface area contributed by atoms with Crippen molar-refractivity contribution in [3.8, 4) is 0 Å². The average molecular weight is 324 g/mol. The number of rotatable bonds is 6. The number of pyridine rings is 1. The van der Waals surface area contributed by atoms with Gasteiger partial charge in [0, 0.05) is 12.6 Å². The second-order valence-corrected chi connectivity index (χ2v) is 6.58. The third-order valence-corrected chi connectivity index (χ3v) is 4.74.